The maximum atomic E-state index is 3.66. The van der Waals surface area contributed by atoms with Gasteiger partial charge in [-0.15, -0.1) is 0 Å². The Kier molecular flexibility index (Phi) is 3.08. The fourth-order valence-corrected chi connectivity index (χ4v) is 4.44. The molecule has 0 bridgehead atoms. The van der Waals surface area contributed by atoms with E-state index in [1.165, 1.54) is 51.9 Å². The van der Waals surface area contributed by atoms with Crippen LogP contribution in [-0.2, 0) is 6.42 Å². The van der Waals surface area contributed by atoms with Crippen LogP contribution in [-0.4, -0.2) is 37.1 Å². The van der Waals surface area contributed by atoms with Gasteiger partial charge in [-0.1, -0.05) is 24.3 Å². The molecule has 2 aliphatic heterocycles. The van der Waals surface area contributed by atoms with Crippen LogP contribution in [0, 0.1) is 5.92 Å². The van der Waals surface area contributed by atoms with Crippen molar-refractivity contribution in [1.29, 1.82) is 0 Å². The molecular weight excluding hydrogens is 232 g/mol. The van der Waals surface area contributed by atoms with Gasteiger partial charge in [0.2, 0.25) is 0 Å². The molecule has 0 saturated carbocycles. The molecular formula is C17H24N2. The Balaban J connectivity index is 1.47. The number of fused-ring (bicyclic) bond motifs is 2. The van der Waals surface area contributed by atoms with E-state index in [0.29, 0.717) is 0 Å². The molecule has 2 nitrogen and oxygen atoms in total. The normalized spacial score (nSPS) is 34.2. The van der Waals surface area contributed by atoms with E-state index in [4.69, 9.17) is 0 Å². The number of nitrogens with zero attached hydrogens (tertiary/aromatic N) is 1. The zero-order chi connectivity index (χ0) is 12.7. The van der Waals surface area contributed by atoms with Gasteiger partial charge in [0.15, 0.2) is 0 Å². The first-order valence-corrected chi connectivity index (χ1v) is 7.94. The van der Waals surface area contributed by atoms with Gasteiger partial charge >= 0.3 is 0 Å². The number of hydrogen-bond acceptors (Lipinski definition) is 2. The van der Waals surface area contributed by atoms with Gasteiger partial charge in [0, 0.05) is 25.7 Å². The summed E-state index contributed by atoms with van der Waals surface area (Å²) < 4.78 is 0. The molecule has 19 heavy (non-hydrogen) atoms. The average Bonchev–Trinajstić information content (AvgIpc) is 3.00. The van der Waals surface area contributed by atoms with Crippen molar-refractivity contribution in [3.05, 3.63) is 35.4 Å². The Labute approximate surface area is 116 Å². The van der Waals surface area contributed by atoms with Crippen LogP contribution >= 0.6 is 0 Å². The number of likely N-dealkylation sites (tertiary alicyclic amines) is 1. The van der Waals surface area contributed by atoms with E-state index in [1.54, 1.807) is 11.1 Å². The topological polar surface area (TPSA) is 15.3 Å². The number of hydrogen-bond donors (Lipinski definition) is 1. The van der Waals surface area contributed by atoms with Crippen molar-refractivity contribution in [2.75, 3.05) is 26.2 Å². The second kappa shape index (κ2) is 4.92. The molecule has 1 aliphatic carbocycles. The fourth-order valence-electron chi connectivity index (χ4n) is 4.44. The first-order valence-electron chi connectivity index (χ1n) is 7.94. The summed E-state index contributed by atoms with van der Waals surface area (Å²) in [5.74, 6) is 1.71. The summed E-state index contributed by atoms with van der Waals surface area (Å²) in [7, 11) is 0. The molecule has 4 rings (SSSR count). The lowest BCUT2D eigenvalue weighted by Crippen LogP contribution is -2.33. The minimum atomic E-state index is 0.781. The third-order valence-corrected chi connectivity index (χ3v) is 5.41. The van der Waals surface area contributed by atoms with Crippen LogP contribution in [0.2, 0.25) is 0 Å². The third kappa shape index (κ3) is 2.21. The molecule has 2 heteroatoms. The van der Waals surface area contributed by atoms with Crippen molar-refractivity contribution >= 4 is 0 Å². The van der Waals surface area contributed by atoms with E-state index in [9.17, 15) is 0 Å². The zero-order valence-electron chi connectivity index (χ0n) is 11.6. The monoisotopic (exact) mass is 256 g/mol. The Morgan fingerprint density at radius 3 is 3.05 bits per heavy atom. The van der Waals surface area contributed by atoms with Crippen molar-refractivity contribution in [3.63, 3.8) is 0 Å². The maximum Gasteiger partial charge on any atom is 0.0235 e. The summed E-state index contributed by atoms with van der Waals surface area (Å²) in [6.45, 7) is 5.14. The molecule has 1 unspecified atom stereocenters. The van der Waals surface area contributed by atoms with Crippen molar-refractivity contribution in [2.45, 2.75) is 37.6 Å². The predicted molar refractivity (Wildman–Crippen MR) is 78.5 cm³/mol. The van der Waals surface area contributed by atoms with Gasteiger partial charge in [-0.2, -0.15) is 0 Å². The summed E-state index contributed by atoms with van der Waals surface area (Å²) in [4.78, 5) is 2.72. The predicted octanol–water partition coefficient (Wildman–Crippen LogP) is 2.40. The number of rotatable bonds is 2. The van der Waals surface area contributed by atoms with Gasteiger partial charge in [-0.3, -0.25) is 0 Å². The molecule has 0 aromatic heterocycles. The molecule has 2 saturated heterocycles. The van der Waals surface area contributed by atoms with E-state index in [0.717, 1.165) is 17.9 Å². The van der Waals surface area contributed by atoms with E-state index in [-0.39, 0.29) is 0 Å². The van der Waals surface area contributed by atoms with Gasteiger partial charge < -0.3 is 10.2 Å². The van der Waals surface area contributed by atoms with E-state index in [2.05, 4.69) is 34.5 Å². The molecule has 0 spiro atoms. The largest absolute Gasteiger partial charge is 0.312 e. The van der Waals surface area contributed by atoms with Crippen LogP contribution in [0.1, 0.15) is 36.3 Å². The maximum absolute atomic E-state index is 3.66. The standard InChI is InChI=1S/C17H24N2/c1-2-7-16-13(4-1)5-3-6-14(16)10-19-11-15-8-9-18-17(15)12-19/h1-2,4,7,14-15,17-18H,3,5-6,8-12H2/t14?,15-,17+/m0/s1. The highest BCUT2D eigenvalue weighted by Gasteiger charge is 2.36. The van der Waals surface area contributed by atoms with Crippen molar-refractivity contribution in [3.8, 4) is 0 Å². The Morgan fingerprint density at radius 1 is 1.16 bits per heavy atom. The lowest BCUT2D eigenvalue weighted by atomic mass is 9.82. The molecule has 2 heterocycles. The van der Waals surface area contributed by atoms with Crippen LogP contribution in [0.5, 0.6) is 0 Å². The van der Waals surface area contributed by atoms with Crippen molar-refractivity contribution < 1.29 is 0 Å². The minimum Gasteiger partial charge on any atom is -0.312 e. The molecule has 2 fully saturated rings. The summed E-state index contributed by atoms with van der Waals surface area (Å²) in [5, 5.41) is 3.66. The Bertz CT molecular complexity index is 444. The lowest BCUT2D eigenvalue weighted by molar-refractivity contribution is 0.282. The van der Waals surface area contributed by atoms with Crippen LogP contribution in [0.15, 0.2) is 24.3 Å². The smallest absolute Gasteiger partial charge is 0.0235 e. The molecule has 1 aromatic carbocycles. The van der Waals surface area contributed by atoms with Gasteiger partial charge in [-0.05, 0) is 55.2 Å². The number of aryl methyl sites for hydroxylation is 1. The zero-order valence-corrected chi connectivity index (χ0v) is 11.6. The SMILES string of the molecule is c1ccc2c(c1)CCCC2CN1C[C@@H]2CCN[C@@H]2C1. The lowest BCUT2D eigenvalue weighted by Gasteiger charge is -2.29. The molecule has 1 aromatic rings. The van der Waals surface area contributed by atoms with Crippen molar-refractivity contribution in [1.82, 2.24) is 10.2 Å². The van der Waals surface area contributed by atoms with Crippen LogP contribution in [0.3, 0.4) is 0 Å². The first kappa shape index (κ1) is 11.9. The van der Waals surface area contributed by atoms with E-state index >= 15 is 0 Å². The second-order valence-electron chi connectivity index (χ2n) is 6.62. The summed E-state index contributed by atoms with van der Waals surface area (Å²) in [6.07, 6.45) is 5.44. The van der Waals surface area contributed by atoms with E-state index < -0.39 is 0 Å². The molecule has 0 amide bonds. The molecule has 1 N–H and O–H groups in total. The van der Waals surface area contributed by atoms with Gasteiger partial charge in [0.25, 0.3) is 0 Å². The second-order valence-corrected chi connectivity index (χ2v) is 6.62. The highest BCUT2D eigenvalue weighted by molar-refractivity contribution is 5.32. The number of nitrogens with one attached hydrogen (secondary N) is 1. The highest BCUT2D eigenvalue weighted by atomic mass is 15.2. The molecule has 102 valence electrons. The Hall–Kier alpha value is -0.860. The summed E-state index contributed by atoms with van der Waals surface area (Å²) in [6, 6.07) is 9.91. The van der Waals surface area contributed by atoms with Crippen LogP contribution in [0.25, 0.3) is 0 Å². The van der Waals surface area contributed by atoms with Crippen molar-refractivity contribution in [2.24, 2.45) is 5.92 Å². The van der Waals surface area contributed by atoms with Crippen LogP contribution < -0.4 is 5.32 Å². The Morgan fingerprint density at radius 2 is 2.11 bits per heavy atom. The van der Waals surface area contributed by atoms with Gasteiger partial charge in [-0.25, -0.2) is 0 Å². The average molecular weight is 256 g/mol. The van der Waals surface area contributed by atoms with Crippen LogP contribution in [0.4, 0.5) is 0 Å². The molecule has 0 radical (unpaired) electrons. The first-order chi connectivity index (χ1) is 9.40. The van der Waals surface area contributed by atoms with Gasteiger partial charge in [0.05, 0.1) is 0 Å². The minimum absolute atomic E-state index is 0.781. The summed E-state index contributed by atoms with van der Waals surface area (Å²) >= 11 is 0. The molecule has 3 atom stereocenters. The fraction of sp³-hybridized carbons (Fsp3) is 0.647. The molecule has 3 aliphatic rings. The third-order valence-electron chi connectivity index (χ3n) is 5.41. The highest BCUT2D eigenvalue weighted by Crippen LogP contribution is 2.34. The van der Waals surface area contributed by atoms with Gasteiger partial charge in [0.1, 0.15) is 0 Å². The summed E-state index contributed by atoms with van der Waals surface area (Å²) in [5.41, 5.74) is 3.25. The number of benzene rings is 1. The quantitative estimate of drug-likeness (QED) is 0.874. The van der Waals surface area contributed by atoms with E-state index in [1.807, 2.05) is 0 Å².